The average molecular weight is 437 g/mol. The summed E-state index contributed by atoms with van der Waals surface area (Å²) in [6, 6.07) is 24.6. The molecule has 3 aromatic carbocycles. The van der Waals surface area contributed by atoms with Crippen molar-refractivity contribution in [3.05, 3.63) is 101 Å². The lowest BCUT2D eigenvalue weighted by Crippen LogP contribution is -1.99. The molecule has 0 N–H and O–H groups in total. The summed E-state index contributed by atoms with van der Waals surface area (Å²) in [7, 11) is -3.25. The number of hydrogen-bond acceptors (Lipinski definition) is 3. The lowest BCUT2D eigenvalue weighted by atomic mass is 9.99. The minimum Gasteiger partial charge on any atom is -0.299 e. The summed E-state index contributed by atoms with van der Waals surface area (Å²) in [5.41, 5.74) is 3.88. The maximum Gasteiger partial charge on any atom is 0.175 e. The van der Waals surface area contributed by atoms with E-state index in [-0.39, 0.29) is 10.8 Å². The van der Waals surface area contributed by atoms with Crippen molar-refractivity contribution in [1.82, 2.24) is 9.55 Å². The van der Waals surface area contributed by atoms with Gasteiger partial charge in [-0.15, -0.1) is 0 Å². The van der Waals surface area contributed by atoms with Gasteiger partial charge in [0, 0.05) is 34.6 Å². The van der Waals surface area contributed by atoms with Crippen molar-refractivity contribution in [2.24, 2.45) is 0 Å². The summed E-state index contributed by atoms with van der Waals surface area (Å²) >= 11 is 6.07. The molecule has 0 saturated heterocycles. The normalized spacial score (nSPS) is 12.6. The fraction of sp³-hybridized carbons (Fsp3) is 0.125. The van der Waals surface area contributed by atoms with E-state index in [1.165, 1.54) is 11.8 Å². The molecule has 1 unspecified atom stereocenters. The molecule has 4 nitrogen and oxygen atoms in total. The van der Waals surface area contributed by atoms with Gasteiger partial charge in [0.15, 0.2) is 9.84 Å². The first-order valence-corrected chi connectivity index (χ1v) is 11.8. The smallest absolute Gasteiger partial charge is 0.175 e. The molecule has 1 heterocycles. The highest BCUT2D eigenvalue weighted by Gasteiger charge is 2.18. The minimum absolute atomic E-state index is 0.105. The lowest BCUT2D eigenvalue weighted by molar-refractivity contribution is 0.602. The Morgan fingerprint density at radius 1 is 0.900 bits per heavy atom. The molecule has 1 atom stereocenters. The molecule has 4 rings (SSSR count). The highest BCUT2D eigenvalue weighted by molar-refractivity contribution is 7.90. The molecule has 152 valence electrons. The molecule has 0 radical (unpaired) electrons. The average Bonchev–Trinajstić information content (AvgIpc) is 3.19. The first-order valence-electron chi connectivity index (χ1n) is 9.53. The van der Waals surface area contributed by atoms with E-state index in [4.69, 9.17) is 16.6 Å². The van der Waals surface area contributed by atoms with Crippen LogP contribution >= 0.6 is 11.6 Å². The van der Waals surface area contributed by atoms with Gasteiger partial charge in [0.1, 0.15) is 5.82 Å². The second-order valence-corrected chi connectivity index (χ2v) is 9.72. The van der Waals surface area contributed by atoms with Crippen molar-refractivity contribution in [2.45, 2.75) is 17.7 Å². The Kier molecular flexibility index (Phi) is 5.50. The number of halogens is 1. The first kappa shape index (κ1) is 20.4. The fourth-order valence-electron chi connectivity index (χ4n) is 3.37. The van der Waals surface area contributed by atoms with Gasteiger partial charge in [-0.05, 0) is 54.1 Å². The van der Waals surface area contributed by atoms with Gasteiger partial charge in [0.25, 0.3) is 0 Å². The Balaban J connectivity index is 1.83. The van der Waals surface area contributed by atoms with Crippen LogP contribution in [0, 0.1) is 0 Å². The number of nitrogens with zero attached hydrogens (tertiary/aromatic N) is 2. The molecule has 1 aromatic heterocycles. The van der Waals surface area contributed by atoms with Crippen molar-refractivity contribution in [3.63, 3.8) is 0 Å². The quantitative estimate of drug-likeness (QED) is 0.400. The topological polar surface area (TPSA) is 52.0 Å². The highest BCUT2D eigenvalue weighted by atomic mass is 35.5. The Bertz CT molecular complexity index is 1260. The molecule has 30 heavy (non-hydrogen) atoms. The van der Waals surface area contributed by atoms with Crippen LogP contribution in [0.3, 0.4) is 0 Å². The van der Waals surface area contributed by atoms with Crippen LogP contribution < -0.4 is 0 Å². The minimum atomic E-state index is -3.25. The summed E-state index contributed by atoms with van der Waals surface area (Å²) in [5, 5.41) is 0.659. The van der Waals surface area contributed by atoms with Crippen LogP contribution in [0.4, 0.5) is 0 Å². The Labute approximate surface area is 181 Å². The Morgan fingerprint density at radius 3 is 2.13 bits per heavy atom. The summed E-state index contributed by atoms with van der Waals surface area (Å²) in [6.45, 7) is 2.13. The van der Waals surface area contributed by atoms with Crippen LogP contribution in [-0.2, 0) is 9.84 Å². The van der Waals surface area contributed by atoms with E-state index in [0.29, 0.717) is 5.02 Å². The van der Waals surface area contributed by atoms with Gasteiger partial charge < -0.3 is 0 Å². The fourth-order valence-corrected chi connectivity index (χ4v) is 4.13. The standard InChI is InChI=1S/C24H21ClN2O2S/c1-17(18-6-4-3-5-7-18)23-16-27(21-12-14-22(15-13-21)30(2,28)29)24(26-23)19-8-10-20(25)11-9-19/h3-17H,1-2H3. The lowest BCUT2D eigenvalue weighted by Gasteiger charge is -2.09. The summed E-state index contributed by atoms with van der Waals surface area (Å²) < 4.78 is 25.6. The van der Waals surface area contributed by atoms with E-state index in [1.807, 2.05) is 53.2 Å². The number of hydrogen-bond donors (Lipinski definition) is 0. The molecule has 0 amide bonds. The molecule has 0 bridgehead atoms. The van der Waals surface area contributed by atoms with Crippen LogP contribution in [-0.4, -0.2) is 24.2 Å². The molecule has 4 aromatic rings. The maximum atomic E-state index is 11.8. The third kappa shape index (κ3) is 4.18. The SMILES string of the molecule is CC(c1ccccc1)c1cn(-c2ccc(S(C)(=O)=O)cc2)c(-c2ccc(Cl)cc2)n1. The van der Waals surface area contributed by atoms with Crippen LogP contribution in [0.2, 0.25) is 5.02 Å². The van der Waals surface area contributed by atoms with Crippen LogP contribution in [0.25, 0.3) is 17.1 Å². The predicted molar refractivity (Wildman–Crippen MR) is 121 cm³/mol. The van der Waals surface area contributed by atoms with E-state index in [1.54, 1.807) is 24.3 Å². The number of aromatic nitrogens is 2. The van der Waals surface area contributed by atoms with Crippen molar-refractivity contribution in [3.8, 4) is 17.1 Å². The molecular formula is C24H21ClN2O2S. The molecule has 0 fully saturated rings. The van der Waals surface area contributed by atoms with Gasteiger partial charge in [-0.3, -0.25) is 4.57 Å². The van der Waals surface area contributed by atoms with E-state index < -0.39 is 9.84 Å². The highest BCUT2D eigenvalue weighted by Crippen LogP contribution is 2.30. The Hall–Kier alpha value is -2.89. The van der Waals surface area contributed by atoms with Crippen molar-refractivity contribution >= 4 is 21.4 Å². The zero-order chi connectivity index (χ0) is 21.3. The van der Waals surface area contributed by atoms with Gasteiger partial charge in [0.05, 0.1) is 10.6 Å². The van der Waals surface area contributed by atoms with Gasteiger partial charge in [0.2, 0.25) is 0 Å². The largest absolute Gasteiger partial charge is 0.299 e. The molecule has 0 aliphatic rings. The summed E-state index contributed by atoms with van der Waals surface area (Å²) in [6.07, 6.45) is 3.22. The van der Waals surface area contributed by atoms with E-state index >= 15 is 0 Å². The third-order valence-electron chi connectivity index (χ3n) is 5.11. The van der Waals surface area contributed by atoms with Crippen LogP contribution in [0.5, 0.6) is 0 Å². The van der Waals surface area contributed by atoms with Gasteiger partial charge in [-0.1, -0.05) is 48.9 Å². The molecule has 0 aliphatic heterocycles. The zero-order valence-electron chi connectivity index (χ0n) is 16.7. The van der Waals surface area contributed by atoms with Crippen molar-refractivity contribution < 1.29 is 8.42 Å². The molecule has 0 saturated carbocycles. The molecular weight excluding hydrogens is 416 g/mol. The molecule has 6 heteroatoms. The predicted octanol–water partition coefficient (Wildman–Crippen LogP) is 5.75. The Morgan fingerprint density at radius 2 is 1.53 bits per heavy atom. The van der Waals surface area contributed by atoms with Crippen molar-refractivity contribution in [1.29, 1.82) is 0 Å². The van der Waals surface area contributed by atoms with Gasteiger partial charge >= 0.3 is 0 Å². The molecule has 0 aliphatic carbocycles. The van der Waals surface area contributed by atoms with E-state index in [0.717, 1.165) is 22.8 Å². The summed E-state index contributed by atoms with van der Waals surface area (Å²) in [5.74, 6) is 0.880. The van der Waals surface area contributed by atoms with Gasteiger partial charge in [-0.25, -0.2) is 13.4 Å². The molecule has 0 spiro atoms. The first-order chi connectivity index (χ1) is 14.3. The van der Waals surface area contributed by atoms with Crippen LogP contribution in [0.15, 0.2) is 90.0 Å². The number of sulfone groups is 1. The van der Waals surface area contributed by atoms with E-state index in [9.17, 15) is 8.42 Å². The second kappa shape index (κ2) is 8.09. The number of benzene rings is 3. The second-order valence-electron chi connectivity index (χ2n) is 7.26. The van der Waals surface area contributed by atoms with Crippen LogP contribution in [0.1, 0.15) is 24.1 Å². The summed E-state index contributed by atoms with van der Waals surface area (Å²) in [4.78, 5) is 5.22. The van der Waals surface area contributed by atoms with Crippen molar-refractivity contribution in [2.75, 3.05) is 6.26 Å². The van der Waals surface area contributed by atoms with E-state index in [2.05, 4.69) is 19.1 Å². The third-order valence-corrected chi connectivity index (χ3v) is 6.49. The number of rotatable bonds is 5. The number of imidazole rings is 1. The maximum absolute atomic E-state index is 11.8. The van der Waals surface area contributed by atoms with Gasteiger partial charge in [-0.2, -0.15) is 0 Å². The monoisotopic (exact) mass is 436 g/mol. The zero-order valence-corrected chi connectivity index (χ0v) is 18.2.